The first-order chi connectivity index (χ1) is 9.49. The van der Waals surface area contributed by atoms with Gasteiger partial charge in [0.15, 0.2) is 0 Å². The third-order valence-electron chi connectivity index (χ3n) is 3.22. The summed E-state index contributed by atoms with van der Waals surface area (Å²) < 4.78 is 1.96. The van der Waals surface area contributed by atoms with Crippen molar-refractivity contribution in [2.75, 3.05) is 16.7 Å². The molecule has 2 rings (SSSR count). The maximum Gasteiger partial charge on any atom is 0.335 e. The maximum atomic E-state index is 11.2. The van der Waals surface area contributed by atoms with Crippen molar-refractivity contribution in [3.63, 3.8) is 0 Å². The SMILES string of the molecule is CCC(C)Nc1cc(C(=O)O)cc(N(C)SC2CC2)n1. The number of carboxylic acid groups (broad SMARTS) is 1. The van der Waals surface area contributed by atoms with Crippen molar-refractivity contribution in [3.05, 3.63) is 17.7 Å². The molecule has 5 nitrogen and oxygen atoms in total. The Labute approximate surface area is 123 Å². The predicted molar refractivity (Wildman–Crippen MR) is 83.6 cm³/mol. The average Bonchev–Trinajstić information content (AvgIpc) is 3.22. The quantitative estimate of drug-likeness (QED) is 0.753. The van der Waals surface area contributed by atoms with Crippen LogP contribution in [0.3, 0.4) is 0 Å². The van der Waals surface area contributed by atoms with E-state index >= 15 is 0 Å². The minimum atomic E-state index is -0.925. The van der Waals surface area contributed by atoms with Crippen molar-refractivity contribution in [3.8, 4) is 0 Å². The zero-order valence-corrected chi connectivity index (χ0v) is 12.9. The van der Waals surface area contributed by atoms with Crippen LogP contribution in [0.4, 0.5) is 11.6 Å². The molecular formula is C14H21N3O2S. The normalized spacial score (nSPS) is 15.8. The van der Waals surface area contributed by atoms with Crippen LogP contribution in [0.2, 0.25) is 0 Å². The Morgan fingerprint density at radius 3 is 2.85 bits per heavy atom. The summed E-state index contributed by atoms with van der Waals surface area (Å²) in [6.07, 6.45) is 3.41. The highest BCUT2D eigenvalue weighted by Gasteiger charge is 2.25. The van der Waals surface area contributed by atoms with Gasteiger partial charge in [-0.15, -0.1) is 0 Å². The van der Waals surface area contributed by atoms with E-state index in [1.807, 2.05) is 11.4 Å². The molecule has 1 aromatic rings. The lowest BCUT2D eigenvalue weighted by molar-refractivity contribution is 0.0697. The number of nitrogens with one attached hydrogen (secondary N) is 1. The molecule has 1 aliphatic carbocycles. The van der Waals surface area contributed by atoms with Crippen LogP contribution in [0.15, 0.2) is 12.1 Å². The molecule has 1 aromatic heterocycles. The Morgan fingerprint density at radius 2 is 2.30 bits per heavy atom. The Morgan fingerprint density at radius 1 is 1.60 bits per heavy atom. The lowest BCUT2D eigenvalue weighted by atomic mass is 10.2. The van der Waals surface area contributed by atoms with E-state index in [4.69, 9.17) is 0 Å². The smallest absolute Gasteiger partial charge is 0.335 e. The minimum Gasteiger partial charge on any atom is -0.478 e. The summed E-state index contributed by atoms with van der Waals surface area (Å²) in [6.45, 7) is 4.13. The fourth-order valence-electron chi connectivity index (χ4n) is 1.68. The summed E-state index contributed by atoms with van der Waals surface area (Å²) >= 11 is 1.72. The fraction of sp³-hybridized carbons (Fsp3) is 0.571. The van der Waals surface area contributed by atoms with Crippen molar-refractivity contribution in [2.24, 2.45) is 0 Å². The number of anilines is 2. The molecule has 6 heteroatoms. The second-order valence-electron chi connectivity index (χ2n) is 5.16. The van der Waals surface area contributed by atoms with Crippen molar-refractivity contribution < 1.29 is 9.90 Å². The fourth-order valence-corrected chi connectivity index (χ4v) is 2.68. The molecule has 20 heavy (non-hydrogen) atoms. The molecular weight excluding hydrogens is 274 g/mol. The first-order valence-electron chi connectivity index (χ1n) is 6.92. The highest BCUT2D eigenvalue weighted by Crippen LogP contribution is 2.37. The van der Waals surface area contributed by atoms with Gasteiger partial charge < -0.3 is 14.7 Å². The molecule has 1 unspecified atom stereocenters. The van der Waals surface area contributed by atoms with Gasteiger partial charge in [-0.25, -0.2) is 9.78 Å². The lowest BCUT2D eigenvalue weighted by Crippen LogP contribution is -2.17. The van der Waals surface area contributed by atoms with E-state index in [-0.39, 0.29) is 11.6 Å². The monoisotopic (exact) mass is 295 g/mol. The number of rotatable bonds is 7. The number of aromatic carboxylic acids is 1. The van der Waals surface area contributed by atoms with Crippen LogP contribution in [-0.2, 0) is 0 Å². The van der Waals surface area contributed by atoms with E-state index in [1.165, 1.54) is 12.8 Å². The first-order valence-corrected chi connectivity index (χ1v) is 7.75. The topological polar surface area (TPSA) is 65.5 Å². The van der Waals surface area contributed by atoms with Crippen molar-refractivity contribution >= 4 is 29.6 Å². The van der Waals surface area contributed by atoms with E-state index in [9.17, 15) is 9.90 Å². The van der Waals surface area contributed by atoms with Crippen molar-refractivity contribution in [2.45, 2.75) is 44.4 Å². The van der Waals surface area contributed by atoms with Gasteiger partial charge in [0.2, 0.25) is 0 Å². The van der Waals surface area contributed by atoms with E-state index in [0.717, 1.165) is 6.42 Å². The van der Waals surface area contributed by atoms with Gasteiger partial charge in [-0.2, -0.15) is 0 Å². The van der Waals surface area contributed by atoms with Crippen LogP contribution in [-0.4, -0.2) is 34.4 Å². The zero-order chi connectivity index (χ0) is 14.7. The van der Waals surface area contributed by atoms with Gasteiger partial charge >= 0.3 is 5.97 Å². The molecule has 0 bridgehead atoms. The summed E-state index contributed by atoms with van der Waals surface area (Å²) in [5.41, 5.74) is 0.268. The van der Waals surface area contributed by atoms with Gasteiger partial charge in [0, 0.05) is 18.3 Å². The standard InChI is InChI=1S/C14H21N3O2S/c1-4-9(2)15-12-7-10(14(18)19)8-13(16-12)17(3)20-11-5-6-11/h7-9,11H,4-6H2,1-3H3,(H,15,16)(H,18,19). The van der Waals surface area contributed by atoms with E-state index < -0.39 is 5.97 Å². The van der Waals surface area contributed by atoms with Crippen LogP contribution < -0.4 is 9.62 Å². The summed E-state index contributed by atoms with van der Waals surface area (Å²) in [4.78, 5) is 15.8. The van der Waals surface area contributed by atoms with Gasteiger partial charge in [-0.3, -0.25) is 0 Å². The van der Waals surface area contributed by atoms with Crippen LogP contribution in [0.1, 0.15) is 43.5 Å². The summed E-state index contributed by atoms with van der Waals surface area (Å²) in [5.74, 6) is 0.385. The number of pyridine rings is 1. The Hall–Kier alpha value is -1.43. The average molecular weight is 295 g/mol. The van der Waals surface area contributed by atoms with Gasteiger partial charge in [0.05, 0.1) is 5.56 Å². The molecule has 0 amide bonds. The molecule has 0 spiro atoms. The Kier molecular flexibility index (Phi) is 4.75. The predicted octanol–water partition coefficient (Wildman–Crippen LogP) is 3.24. The number of aromatic nitrogens is 1. The zero-order valence-electron chi connectivity index (χ0n) is 12.1. The molecule has 0 aromatic carbocycles. The number of nitrogens with zero attached hydrogens (tertiary/aromatic N) is 2. The van der Waals surface area contributed by atoms with E-state index in [1.54, 1.807) is 24.1 Å². The second-order valence-corrected chi connectivity index (χ2v) is 6.59. The summed E-state index contributed by atoms with van der Waals surface area (Å²) in [6, 6.07) is 3.48. The van der Waals surface area contributed by atoms with E-state index in [2.05, 4.69) is 24.1 Å². The number of carbonyl (C=O) groups is 1. The third kappa shape index (κ3) is 4.03. The molecule has 110 valence electrons. The largest absolute Gasteiger partial charge is 0.478 e. The van der Waals surface area contributed by atoms with Gasteiger partial charge in [0.25, 0.3) is 0 Å². The molecule has 1 fully saturated rings. The number of hydrogen-bond acceptors (Lipinski definition) is 5. The molecule has 2 N–H and O–H groups in total. The Balaban J connectivity index is 2.22. The number of carboxylic acids is 1. The minimum absolute atomic E-state index is 0.265. The van der Waals surface area contributed by atoms with E-state index in [0.29, 0.717) is 16.9 Å². The second kappa shape index (κ2) is 6.35. The Bertz CT molecular complexity index is 491. The summed E-state index contributed by atoms with van der Waals surface area (Å²) in [7, 11) is 1.93. The highest BCUT2D eigenvalue weighted by atomic mass is 32.2. The molecule has 1 heterocycles. The van der Waals surface area contributed by atoms with Gasteiger partial charge in [-0.05, 0) is 50.3 Å². The van der Waals surface area contributed by atoms with Crippen LogP contribution in [0.25, 0.3) is 0 Å². The van der Waals surface area contributed by atoms with Crippen molar-refractivity contribution in [1.29, 1.82) is 0 Å². The lowest BCUT2D eigenvalue weighted by Gasteiger charge is -2.19. The molecule has 1 saturated carbocycles. The van der Waals surface area contributed by atoms with Gasteiger partial charge in [-0.1, -0.05) is 6.92 Å². The van der Waals surface area contributed by atoms with Crippen molar-refractivity contribution in [1.82, 2.24) is 4.98 Å². The van der Waals surface area contributed by atoms with Crippen LogP contribution >= 0.6 is 11.9 Å². The summed E-state index contributed by atoms with van der Waals surface area (Å²) in [5, 5.41) is 13.1. The molecule has 0 radical (unpaired) electrons. The maximum absolute atomic E-state index is 11.2. The molecule has 1 aliphatic rings. The van der Waals surface area contributed by atoms with Gasteiger partial charge in [0.1, 0.15) is 11.6 Å². The molecule has 0 saturated heterocycles. The highest BCUT2D eigenvalue weighted by molar-refractivity contribution is 8.01. The van der Waals surface area contributed by atoms with Crippen LogP contribution in [0.5, 0.6) is 0 Å². The third-order valence-corrected chi connectivity index (χ3v) is 4.49. The molecule has 0 aliphatic heterocycles. The van der Waals surface area contributed by atoms with Crippen LogP contribution in [0, 0.1) is 0 Å². The number of hydrogen-bond donors (Lipinski definition) is 2. The molecule has 1 atom stereocenters. The first kappa shape index (κ1) is 15.0.